The number of nitrogens with one attached hydrogen (secondary N) is 1. The minimum Gasteiger partial charge on any atom is -0.507 e. The van der Waals surface area contributed by atoms with Gasteiger partial charge in [0.05, 0.1) is 12.7 Å². The Hall–Kier alpha value is -1.71. The zero-order chi connectivity index (χ0) is 15.3. The predicted octanol–water partition coefficient (Wildman–Crippen LogP) is 3.10. The van der Waals surface area contributed by atoms with Crippen LogP contribution >= 0.6 is 0 Å². The van der Waals surface area contributed by atoms with Gasteiger partial charge in [0.1, 0.15) is 11.5 Å². The van der Waals surface area contributed by atoms with Crippen molar-refractivity contribution < 1.29 is 14.6 Å². The van der Waals surface area contributed by atoms with Crippen LogP contribution in [-0.2, 0) is 0 Å². The Balaban J connectivity index is 1.57. The number of hydrogen-bond acceptors (Lipinski definition) is 3. The molecule has 1 aromatic rings. The van der Waals surface area contributed by atoms with Crippen LogP contribution in [-0.4, -0.2) is 23.7 Å². The molecular formula is C18H23NO3. The summed E-state index contributed by atoms with van der Waals surface area (Å²) in [6.45, 7) is 0. The van der Waals surface area contributed by atoms with Crippen LogP contribution < -0.4 is 10.1 Å². The van der Waals surface area contributed by atoms with E-state index in [-0.39, 0.29) is 17.2 Å². The number of carbonyl (C=O) groups excluding carboxylic acids is 1. The summed E-state index contributed by atoms with van der Waals surface area (Å²) in [4.78, 5) is 12.7. The van der Waals surface area contributed by atoms with Crippen LogP contribution in [0.4, 0.5) is 0 Å². The van der Waals surface area contributed by atoms with E-state index >= 15 is 0 Å². The van der Waals surface area contributed by atoms with E-state index < -0.39 is 0 Å². The molecule has 0 heterocycles. The van der Waals surface area contributed by atoms with Crippen molar-refractivity contribution in [3.05, 3.63) is 23.8 Å². The highest BCUT2D eigenvalue weighted by atomic mass is 16.5. The maximum Gasteiger partial charge on any atom is 0.255 e. The van der Waals surface area contributed by atoms with Gasteiger partial charge in [0, 0.05) is 5.54 Å². The number of ether oxygens (including phenoxy) is 1. The summed E-state index contributed by atoms with van der Waals surface area (Å²) >= 11 is 0. The van der Waals surface area contributed by atoms with Crippen molar-refractivity contribution in [2.24, 2.45) is 17.8 Å². The van der Waals surface area contributed by atoms with Crippen molar-refractivity contribution in [3.63, 3.8) is 0 Å². The number of phenolic OH excluding ortho intramolecular Hbond substituents is 1. The molecule has 4 bridgehead atoms. The zero-order valence-corrected chi connectivity index (χ0v) is 13.0. The normalized spacial score (nSPS) is 35.4. The van der Waals surface area contributed by atoms with Gasteiger partial charge < -0.3 is 15.2 Å². The van der Waals surface area contributed by atoms with E-state index in [1.807, 2.05) is 0 Å². The average Bonchev–Trinajstić information content (AvgIpc) is 2.45. The van der Waals surface area contributed by atoms with Gasteiger partial charge >= 0.3 is 0 Å². The molecule has 4 saturated carbocycles. The summed E-state index contributed by atoms with van der Waals surface area (Å²) in [5.41, 5.74) is 0.275. The van der Waals surface area contributed by atoms with E-state index in [1.165, 1.54) is 25.3 Å². The lowest BCUT2D eigenvalue weighted by molar-refractivity contribution is -0.0167. The second-order valence-corrected chi connectivity index (χ2v) is 7.54. The first kappa shape index (κ1) is 13.9. The Labute approximate surface area is 130 Å². The van der Waals surface area contributed by atoms with Crippen molar-refractivity contribution in [2.45, 2.75) is 44.1 Å². The molecule has 0 unspecified atom stereocenters. The van der Waals surface area contributed by atoms with E-state index in [0.717, 1.165) is 37.0 Å². The molecule has 4 nitrogen and oxygen atoms in total. The Morgan fingerprint density at radius 3 is 2.32 bits per heavy atom. The average molecular weight is 301 g/mol. The fraction of sp³-hybridized carbons (Fsp3) is 0.611. The van der Waals surface area contributed by atoms with Crippen molar-refractivity contribution in [1.29, 1.82) is 0 Å². The molecule has 4 aliphatic rings. The largest absolute Gasteiger partial charge is 0.507 e. The van der Waals surface area contributed by atoms with Crippen LogP contribution in [0.3, 0.4) is 0 Å². The number of phenols is 1. The molecule has 0 atom stereocenters. The fourth-order valence-electron chi connectivity index (χ4n) is 5.40. The summed E-state index contributed by atoms with van der Waals surface area (Å²) in [7, 11) is 1.56. The highest BCUT2D eigenvalue weighted by molar-refractivity contribution is 5.97. The first-order chi connectivity index (χ1) is 10.6. The van der Waals surface area contributed by atoms with E-state index in [0.29, 0.717) is 11.3 Å². The van der Waals surface area contributed by atoms with Crippen LogP contribution in [0.2, 0.25) is 0 Å². The molecule has 1 aromatic carbocycles. The maximum absolute atomic E-state index is 12.7. The van der Waals surface area contributed by atoms with Crippen LogP contribution in [0.25, 0.3) is 0 Å². The molecule has 0 spiro atoms. The highest BCUT2D eigenvalue weighted by Crippen LogP contribution is 2.55. The molecule has 4 aliphatic carbocycles. The zero-order valence-electron chi connectivity index (χ0n) is 13.0. The number of amides is 1. The van der Waals surface area contributed by atoms with E-state index in [4.69, 9.17) is 4.74 Å². The first-order valence-electron chi connectivity index (χ1n) is 8.26. The van der Waals surface area contributed by atoms with Crippen molar-refractivity contribution in [1.82, 2.24) is 5.32 Å². The molecule has 1 amide bonds. The Morgan fingerprint density at radius 1 is 1.18 bits per heavy atom. The summed E-state index contributed by atoms with van der Waals surface area (Å²) in [5.74, 6) is 2.79. The number of rotatable bonds is 3. The van der Waals surface area contributed by atoms with Gasteiger partial charge in [0.15, 0.2) is 0 Å². The van der Waals surface area contributed by atoms with Crippen LogP contribution in [0.1, 0.15) is 48.9 Å². The van der Waals surface area contributed by atoms with E-state index in [9.17, 15) is 9.90 Å². The smallest absolute Gasteiger partial charge is 0.255 e. The third-order valence-corrected chi connectivity index (χ3v) is 5.87. The van der Waals surface area contributed by atoms with Crippen molar-refractivity contribution in [3.8, 4) is 11.5 Å². The second-order valence-electron chi connectivity index (χ2n) is 7.54. The quantitative estimate of drug-likeness (QED) is 0.902. The predicted molar refractivity (Wildman–Crippen MR) is 83.0 cm³/mol. The lowest BCUT2D eigenvalue weighted by Crippen LogP contribution is -2.59. The molecule has 4 heteroatoms. The SMILES string of the molecule is COc1ccc(O)c(C(=O)NC23CC4CC(CC(C4)C2)C3)c1. The highest BCUT2D eigenvalue weighted by Gasteiger charge is 2.51. The lowest BCUT2D eigenvalue weighted by Gasteiger charge is -2.56. The summed E-state index contributed by atoms with van der Waals surface area (Å²) in [5, 5.41) is 13.3. The fourth-order valence-corrected chi connectivity index (χ4v) is 5.40. The third-order valence-electron chi connectivity index (χ3n) is 5.87. The number of benzene rings is 1. The minimum atomic E-state index is -0.168. The van der Waals surface area contributed by atoms with Gasteiger partial charge in [0.25, 0.3) is 5.91 Å². The Bertz CT molecular complexity index is 575. The molecule has 0 radical (unpaired) electrons. The van der Waals surface area contributed by atoms with E-state index in [1.54, 1.807) is 19.2 Å². The molecule has 4 fully saturated rings. The summed E-state index contributed by atoms with van der Waals surface area (Å²) < 4.78 is 5.16. The molecular weight excluding hydrogens is 278 g/mol. The molecule has 2 N–H and O–H groups in total. The molecule has 118 valence electrons. The standard InChI is InChI=1S/C18H23NO3/c1-22-14-2-3-16(20)15(7-14)17(21)19-18-8-11-4-12(9-18)6-13(5-11)10-18/h2-3,7,11-13,20H,4-6,8-10H2,1H3,(H,19,21). The number of methoxy groups -OCH3 is 1. The summed E-state index contributed by atoms with van der Waals surface area (Å²) in [6.07, 6.45) is 7.36. The Kier molecular flexibility index (Phi) is 3.10. The number of carbonyl (C=O) groups is 1. The molecule has 0 aromatic heterocycles. The topological polar surface area (TPSA) is 58.6 Å². The van der Waals surface area contributed by atoms with Gasteiger partial charge in [-0.1, -0.05) is 0 Å². The minimum absolute atomic E-state index is 0.0167. The van der Waals surface area contributed by atoms with Crippen molar-refractivity contribution >= 4 is 5.91 Å². The molecule has 0 saturated heterocycles. The summed E-state index contributed by atoms with van der Waals surface area (Å²) in [6, 6.07) is 4.80. The molecule has 0 aliphatic heterocycles. The van der Waals surface area contributed by atoms with Crippen LogP contribution in [0.15, 0.2) is 18.2 Å². The van der Waals surface area contributed by atoms with Gasteiger partial charge in [-0.3, -0.25) is 4.79 Å². The van der Waals surface area contributed by atoms with Gasteiger partial charge in [0.2, 0.25) is 0 Å². The number of aromatic hydroxyl groups is 1. The van der Waals surface area contributed by atoms with Gasteiger partial charge in [-0.05, 0) is 74.5 Å². The van der Waals surface area contributed by atoms with Gasteiger partial charge in [-0.2, -0.15) is 0 Å². The van der Waals surface area contributed by atoms with Crippen LogP contribution in [0, 0.1) is 17.8 Å². The first-order valence-corrected chi connectivity index (χ1v) is 8.26. The Morgan fingerprint density at radius 2 is 1.77 bits per heavy atom. The second kappa shape index (κ2) is 4.90. The molecule has 22 heavy (non-hydrogen) atoms. The van der Waals surface area contributed by atoms with E-state index in [2.05, 4.69) is 5.32 Å². The van der Waals surface area contributed by atoms with Gasteiger partial charge in [-0.15, -0.1) is 0 Å². The molecule has 5 rings (SSSR count). The number of hydrogen-bond donors (Lipinski definition) is 2. The van der Waals surface area contributed by atoms with Gasteiger partial charge in [-0.25, -0.2) is 0 Å². The third kappa shape index (κ3) is 2.25. The monoisotopic (exact) mass is 301 g/mol. The van der Waals surface area contributed by atoms with Crippen LogP contribution in [0.5, 0.6) is 11.5 Å². The lowest BCUT2D eigenvalue weighted by atomic mass is 9.53. The van der Waals surface area contributed by atoms with Crippen molar-refractivity contribution in [2.75, 3.05) is 7.11 Å². The maximum atomic E-state index is 12.7.